The van der Waals surface area contributed by atoms with Gasteiger partial charge in [-0.25, -0.2) is 24.9 Å². The van der Waals surface area contributed by atoms with Gasteiger partial charge in [-0.2, -0.15) is 4.39 Å². The van der Waals surface area contributed by atoms with Crippen molar-refractivity contribution in [2.45, 2.75) is 13.0 Å². The van der Waals surface area contributed by atoms with Gasteiger partial charge in [0.05, 0.1) is 12.8 Å². The Morgan fingerprint density at radius 2 is 1.92 bits per heavy atom. The lowest BCUT2D eigenvalue weighted by molar-refractivity contribution is 0.408. The first kappa shape index (κ1) is 15.4. The molecule has 1 aliphatic heterocycles. The van der Waals surface area contributed by atoms with Crippen LogP contribution < -0.4 is 9.64 Å². The standard InChI is InChI=1S/C17H15FN6O/c1-25-12-7-14(18)23-15(8-12)24-6-3-13-11(10-24)9-21-17(22-13)16-19-4-2-5-20-16/h2,4-5,7-9H,3,6,10H2,1H3. The van der Waals surface area contributed by atoms with Crippen molar-refractivity contribution in [3.63, 3.8) is 0 Å². The highest BCUT2D eigenvalue weighted by molar-refractivity contribution is 5.48. The fourth-order valence-corrected chi connectivity index (χ4v) is 2.77. The molecule has 0 aromatic carbocycles. The Labute approximate surface area is 143 Å². The SMILES string of the molecule is COc1cc(F)nc(N2CCc3nc(-c4ncccn4)ncc3C2)c1. The summed E-state index contributed by atoms with van der Waals surface area (Å²) >= 11 is 0. The predicted octanol–water partition coefficient (Wildman–Crippen LogP) is 2.04. The van der Waals surface area contributed by atoms with Crippen molar-refractivity contribution >= 4 is 5.82 Å². The Morgan fingerprint density at radius 1 is 1.08 bits per heavy atom. The van der Waals surface area contributed by atoms with Crippen LogP contribution in [0.25, 0.3) is 11.6 Å². The molecule has 0 unspecified atom stereocenters. The molecule has 4 heterocycles. The zero-order chi connectivity index (χ0) is 17.2. The van der Waals surface area contributed by atoms with Crippen LogP contribution in [0.4, 0.5) is 10.2 Å². The largest absolute Gasteiger partial charge is 0.496 e. The Kier molecular flexibility index (Phi) is 3.93. The minimum absolute atomic E-state index is 0.445. The van der Waals surface area contributed by atoms with Crippen LogP contribution in [0.5, 0.6) is 5.75 Å². The van der Waals surface area contributed by atoms with Crippen molar-refractivity contribution in [2.75, 3.05) is 18.6 Å². The molecular formula is C17H15FN6O. The third-order valence-corrected chi connectivity index (χ3v) is 4.01. The summed E-state index contributed by atoms with van der Waals surface area (Å²) in [6.07, 6.45) is 5.81. The Morgan fingerprint density at radius 3 is 2.72 bits per heavy atom. The summed E-state index contributed by atoms with van der Waals surface area (Å²) in [5.74, 6) is 1.44. The van der Waals surface area contributed by atoms with E-state index in [1.165, 1.54) is 13.2 Å². The van der Waals surface area contributed by atoms with Crippen molar-refractivity contribution in [2.24, 2.45) is 0 Å². The van der Waals surface area contributed by atoms with Gasteiger partial charge in [-0.15, -0.1) is 0 Å². The number of pyridine rings is 1. The number of nitrogens with zero attached hydrogens (tertiary/aromatic N) is 6. The average molecular weight is 338 g/mol. The minimum atomic E-state index is -0.562. The van der Waals surface area contributed by atoms with Crippen molar-refractivity contribution in [1.29, 1.82) is 0 Å². The topological polar surface area (TPSA) is 76.9 Å². The number of rotatable bonds is 3. The number of aromatic nitrogens is 5. The van der Waals surface area contributed by atoms with Crippen LogP contribution in [0, 0.1) is 5.95 Å². The summed E-state index contributed by atoms with van der Waals surface area (Å²) in [7, 11) is 1.51. The summed E-state index contributed by atoms with van der Waals surface area (Å²) in [5, 5.41) is 0. The van der Waals surface area contributed by atoms with Gasteiger partial charge in [0.15, 0.2) is 11.6 Å². The second kappa shape index (κ2) is 6.39. The molecule has 0 aliphatic carbocycles. The van der Waals surface area contributed by atoms with Crippen molar-refractivity contribution < 1.29 is 9.13 Å². The van der Waals surface area contributed by atoms with E-state index in [1.807, 2.05) is 4.90 Å². The van der Waals surface area contributed by atoms with Crippen LogP contribution in [-0.2, 0) is 13.0 Å². The highest BCUT2D eigenvalue weighted by Gasteiger charge is 2.21. The smallest absolute Gasteiger partial charge is 0.218 e. The molecule has 0 fully saturated rings. The molecule has 0 atom stereocenters. The summed E-state index contributed by atoms with van der Waals surface area (Å²) in [5.41, 5.74) is 1.94. The molecule has 0 N–H and O–H groups in total. The van der Waals surface area contributed by atoms with Gasteiger partial charge in [0, 0.05) is 55.8 Å². The Bertz CT molecular complexity index is 905. The van der Waals surface area contributed by atoms with Gasteiger partial charge in [-0.1, -0.05) is 0 Å². The van der Waals surface area contributed by atoms with E-state index in [0.717, 1.165) is 11.3 Å². The van der Waals surface area contributed by atoms with Crippen LogP contribution in [0.3, 0.4) is 0 Å². The first-order chi connectivity index (χ1) is 12.2. The number of hydrogen-bond acceptors (Lipinski definition) is 7. The van der Waals surface area contributed by atoms with Crippen LogP contribution in [-0.4, -0.2) is 38.6 Å². The lowest BCUT2D eigenvalue weighted by atomic mass is 10.1. The summed E-state index contributed by atoms with van der Waals surface area (Å²) in [6, 6.07) is 4.73. The van der Waals surface area contributed by atoms with Gasteiger partial charge in [0.2, 0.25) is 5.95 Å². The lowest BCUT2D eigenvalue weighted by Gasteiger charge is -2.29. The first-order valence-corrected chi connectivity index (χ1v) is 7.81. The number of halogens is 1. The van der Waals surface area contributed by atoms with Gasteiger partial charge in [0.1, 0.15) is 11.6 Å². The maximum atomic E-state index is 13.6. The van der Waals surface area contributed by atoms with Gasteiger partial charge in [-0.05, 0) is 6.07 Å². The second-order valence-electron chi connectivity index (χ2n) is 5.60. The first-order valence-electron chi connectivity index (χ1n) is 7.81. The molecule has 126 valence electrons. The molecule has 0 bridgehead atoms. The normalized spacial score (nSPS) is 13.4. The molecule has 0 spiro atoms. The van der Waals surface area contributed by atoms with Gasteiger partial charge in [0.25, 0.3) is 0 Å². The number of ether oxygens (including phenoxy) is 1. The van der Waals surface area contributed by atoms with Gasteiger partial charge >= 0.3 is 0 Å². The summed E-state index contributed by atoms with van der Waals surface area (Å²) < 4.78 is 18.8. The maximum absolute atomic E-state index is 13.6. The average Bonchev–Trinajstić information content (AvgIpc) is 2.67. The molecule has 0 amide bonds. The van der Waals surface area contributed by atoms with E-state index >= 15 is 0 Å². The molecule has 0 saturated heterocycles. The van der Waals surface area contributed by atoms with E-state index in [-0.39, 0.29) is 0 Å². The Balaban J connectivity index is 1.61. The van der Waals surface area contributed by atoms with Gasteiger partial charge < -0.3 is 9.64 Å². The monoisotopic (exact) mass is 338 g/mol. The van der Waals surface area contributed by atoms with E-state index in [9.17, 15) is 4.39 Å². The van der Waals surface area contributed by atoms with Crippen LogP contribution in [0.15, 0.2) is 36.8 Å². The highest BCUT2D eigenvalue weighted by Crippen LogP contribution is 2.26. The molecule has 8 heteroatoms. The molecule has 7 nitrogen and oxygen atoms in total. The van der Waals surface area contributed by atoms with E-state index < -0.39 is 5.95 Å². The van der Waals surface area contributed by atoms with Gasteiger partial charge in [-0.3, -0.25) is 0 Å². The third-order valence-electron chi connectivity index (χ3n) is 4.01. The van der Waals surface area contributed by atoms with Crippen LogP contribution >= 0.6 is 0 Å². The van der Waals surface area contributed by atoms with E-state index in [1.54, 1.807) is 30.7 Å². The number of methoxy groups -OCH3 is 1. The molecule has 25 heavy (non-hydrogen) atoms. The molecule has 0 saturated carbocycles. The van der Waals surface area contributed by atoms with Crippen molar-refractivity contribution in [3.8, 4) is 17.4 Å². The molecular weight excluding hydrogens is 323 g/mol. The molecule has 4 rings (SSSR count). The Hall–Kier alpha value is -3.16. The zero-order valence-electron chi connectivity index (χ0n) is 13.6. The minimum Gasteiger partial charge on any atom is -0.496 e. The van der Waals surface area contributed by atoms with E-state index in [2.05, 4.69) is 24.9 Å². The molecule has 1 aliphatic rings. The predicted molar refractivity (Wildman–Crippen MR) is 88.6 cm³/mol. The fourth-order valence-electron chi connectivity index (χ4n) is 2.77. The fraction of sp³-hybridized carbons (Fsp3) is 0.235. The van der Waals surface area contributed by atoms with Crippen LogP contribution in [0.2, 0.25) is 0 Å². The zero-order valence-corrected chi connectivity index (χ0v) is 13.6. The van der Waals surface area contributed by atoms with E-state index in [4.69, 9.17) is 4.74 Å². The molecule has 0 radical (unpaired) electrons. The maximum Gasteiger partial charge on any atom is 0.218 e. The highest BCUT2D eigenvalue weighted by atomic mass is 19.1. The number of anilines is 1. The summed E-state index contributed by atoms with van der Waals surface area (Å²) in [4.78, 5) is 23.2. The number of hydrogen-bond donors (Lipinski definition) is 0. The lowest BCUT2D eigenvalue weighted by Crippen LogP contribution is -2.32. The van der Waals surface area contributed by atoms with Crippen LogP contribution in [0.1, 0.15) is 11.3 Å². The third kappa shape index (κ3) is 3.10. The number of fused-ring (bicyclic) bond motifs is 1. The molecule has 3 aromatic rings. The van der Waals surface area contributed by atoms with E-state index in [0.29, 0.717) is 42.7 Å². The summed E-state index contributed by atoms with van der Waals surface area (Å²) in [6.45, 7) is 1.24. The van der Waals surface area contributed by atoms with Crippen molar-refractivity contribution in [3.05, 3.63) is 54.0 Å². The second-order valence-corrected chi connectivity index (χ2v) is 5.60. The van der Waals surface area contributed by atoms with Crippen molar-refractivity contribution in [1.82, 2.24) is 24.9 Å². The molecule has 3 aromatic heterocycles. The quantitative estimate of drug-likeness (QED) is 0.676.